The van der Waals surface area contributed by atoms with E-state index in [9.17, 15) is 14.0 Å². The van der Waals surface area contributed by atoms with Crippen LogP contribution in [0.25, 0.3) is 0 Å². The summed E-state index contributed by atoms with van der Waals surface area (Å²) in [6, 6.07) is 9.20. The van der Waals surface area contributed by atoms with Crippen LogP contribution in [0.3, 0.4) is 0 Å². The van der Waals surface area contributed by atoms with Gasteiger partial charge in [-0.15, -0.1) is 0 Å². The molecule has 1 aromatic carbocycles. The van der Waals surface area contributed by atoms with Gasteiger partial charge in [0.15, 0.2) is 11.2 Å². The largest absolute Gasteiger partial charge is 0.456 e. The molecule has 2 fully saturated rings. The number of benzene rings is 1. The molecule has 1 aromatic heterocycles. The Balaban J connectivity index is 1.55. The highest BCUT2D eigenvalue weighted by molar-refractivity contribution is 5.91. The van der Waals surface area contributed by atoms with Crippen molar-refractivity contribution >= 4 is 5.91 Å². The van der Waals surface area contributed by atoms with Crippen LogP contribution in [0.4, 0.5) is 4.39 Å². The normalized spacial score (nSPS) is 22.7. The standard InChI is InChI=1S/C21H23FN2O4/c1-14-5-19(25)7-20(28-14)21(26)24-10-16-9-23(18(11-24)13-27-12-16)8-15-3-2-4-17(22)6-15/h2-7,16,18H,8-13H2,1H3/t16-,18+/m1/s1. The van der Waals surface area contributed by atoms with E-state index < -0.39 is 0 Å². The van der Waals surface area contributed by atoms with Gasteiger partial charge < -0.3 is 14.1 Å². The third-order valence-electron chi connectivity index (χ3n) is 5.25. The molecule has 0 spiro atoms. The summed E-state index contributed by atoms with van der Waals surface area (Å²) in [5.41, 5.74) is 0.660. The van der Waals surface area contributed by atoms with Gasteiger partial charge in [-0.25, -0.2) is 4.39 Å². The van der Waals surface area contributed by atoms with Gasteiger partial charge >= 0.3 is 0 Å². The Morgan fingerprint density at radius 1 is 1.18 bits per heavy atom. The molecule has 0 aliphatic carbocycles. The maximum atomic E-state index is 13.6. The molecule has 0 N–H and O–H groups in total. The lowest BCUT2D eigenvalue weighted by molar-refractivity contribution is 0.0386. The quantitative estimate of drug-likeness (QED) is 0.808. The molecule has 2 aliphatic rings. The summed E-state index contributed by atoms with van der Waals surface area (Å²) in [4.78, 5) is 28.7. The minimum Gasteiger partial charge on any atom is -0.456 e. The van der Waals surface area contributed by atoms with Gasteiger partial charge in [0.25, 0.3) is 5.91 Å². The summed E-state index contributed by atoms with van der Waals surface area (Å²) < 4.78 is 24.9. The van der Waals surface area contributed by atoms with E-state index in [4.69, 9.17) is 9.15 Å². The fourth-order valence-corrected chi connectivity index (χ4v) is 4.02. The Bertz CT molecular complexity index is 929. The zero-order valence-corrected chi connectivity index (χ0v) is 15.8. The molecule has 2 bridgehead atoms. The minimum absolute atomic E-state index is 0.00347. The molecule has 0 radical (unpaired) electrons. The maximum Gasteiger partial charge on any atom is 0.289 e. The zero-order chi connectivity index (χ0) is 19.7. The van der Waals surface area contributed by atoms with Gasteiger partial charge in [-0.3, -0.25) is 14.5 Å². The molecule has 28 heavy (non-hydrogen) atoms. The minimum atomic E-state index is -0.273. The number of carbonyl (C=O) groups excluding carboxylic acids is 1. The van der Waals surface area contributed by atoms with Crippen molar-refractivity contribution in [1.82, 2.24) is 9.80 Å². The average molecular weight is 386 g/mol. The van der Waals surface area contributed by atoms with Crippen molar-refractivity contribution in [2.24, 2.45) is 5.92 Å². The van der Waals surface area contributed by atoms with Crippen molar-refractivity contribution in [3.63, 3.8) is 0 Å². The van der Waals surface area contributed by atoms with Crippen LogP contribution in [0, 0.1) is 18.7 Å². The van der Waals surface area contributed by atoms with E-state index in [1.165, 1.54) is 18.2 Å². The Labute approximate surface area is 162 Å². The highest BCUT2D eigenvalue weighted by atomic mass is 19.1. The summed E-state index contributed by atoms with van der Waals surface area (Å²) in [5, 5.41) is 0. The molecule has 2 atom stereocenters. The van der Waals surface area contributed by atoms with Crippen LogP contribution in [0.15, 0.2) is 45.6 Å². The SMILES string of the molecule is Cc1cc(=O)cc(C(=O)N2C[C@@H]3COC[C@H](C2)N(Cc2cccc(F)c2)C3)o1. The van der Waals surface area contributed by atoms with Crippen molar-refractivity contribution in [1.29, 1.82) is 0 Å². The Kier molecular flexibility index (Phi) is 5.28. The number of hydrogen-bond donors (Lipinski definition) is 0. The number of amides is 1. The number of hydrogen-bond acceptors (Lipinski definition) is 5. The number of carbonyl (C=O) groups is 1. The fourth-order valence-electron chi connectivity index (χ4n) is 4.02. The van der Waals surface area contributed by atoms with E-state index in [0.29, 0.717) is 38.6 Å². The van der Waals surface area contributed by atoms with Gasteiger partial charge in [-0.1, -0.05) is 12.1 Å². The van der Waals surface area contributed by atoms with Gasteiger partial charge in [-0.05, 0) is 24.6 Å². The van der Waals surface area contributed by atoms with Crippen LogP contribution < -0.4 is 5.43 Å². The lowest BCUT2D eigenvalue weighted by Gasteiger charge is -2.31. The molecule has 0 saturated carbocycles. The molecule has 2 saturated heterocycles. The lowest BCUT2D eigenvalue weighted by Crippen LogP contribution is -2.45. The Hall–Kier alpha value is -2.51. The molecule has 2 aliphatic heterocycles. The van der Waals surface area contributed by atoms with E-state index in [1.807, 2.05) is 6.07 Å². The number of ether oxygens (including phenoxy) is 1. The van der Waals surface area contributed by atoms with E-state index in [-0.39, 0.29) is 34.9 Å². The maximum absolute atomic E-state index is 13.6. The molecule has 3 heterocycles. The summed E-state index contributed by atoms with van der Waals surface area (Å²) in [6.45, 7) is 5.11. The second kappa shape index (κ2) is 7.85. The van der Waals surface area contributed by atoms with Crippen molar-refractivity contribution < 1.29 is 18.3 Å². The van der Waals surface area contributed by atoms with E-state index >= 15 is 0 Å². The first-order valence-electron chi connectivity index (χ1n) is 9.45. The van der Waals surface area contributed by atoms with Crippen LogP contribution in [-0.2, 0) is 11.3 Å². The highest BCUT2D eigenvalue weighted by Crippen LogP contribution is 2.23. The van der Waals surface area contributed by atoms with Crippen LogP contribution in [0.5, 0.6) is 0 Å². The molecule has 4 rings (SSSR count). The number of aryl methyl sites for hydroxylation is 1. The first kappa shape index (κ1) is 18.8. The second-order valence-electron chi connectivity index (χ2n) is 7.59. The fraction of sp³-hybridized carbons (Fsp3) is 0.429. The molecule has 6 nitrogen and oxygen atoms in total. The monoisotopic (exact) mass is 386 g/mol. The van der Waals surface area contributed by atoms with E-state index in [1.54, 1.807) is 24.0 Å². The smallest absolute Gasteiger partial charge is 0.289 e. The van der Waals surface area contributed by atoms with E-state index in [0.717, 1.165) is 12.1 Å². The molecule has 7 heteroatoms. The number of rotatable bonds is 3. The molecule has 2 aromatic rings. The number of fused-ring (bicyclic) bond motifs is 3. The second-order valence-corrected chi connectivity index (χ2v) is 7.59. The Morgan fingerprint density at radius 2 is 2.04 bits per heavy atom. The topological polar surface area (TPSA) is 63.0 Å². The molecule has 148 valence electrons. The third kappa shape index (κ3) is 4.15. The van der Waals surface area contributed by atoms with Gasteiger partial charge in [0.2, 0.25) is 0 Å². The number of halogens is 1. The number of nitrogens with zero attached hydrogens (tertiary/aromatic N) is 2. The third-order valence-corrected chi connectivity index (χ3v) is 5.25. The van der Waals surface area contributed by atoms with E-state index in [2.05, 4.69) is 4.90 Å². The van der Waals surface area contributed by atoms with Crippen LogP contribution >= 0.6 is 0 Å². The molecular weight excluding hydrogens is 363 g/mol. The van der Waals surface area contributed by atoms with Crippen LogP contribution in [-0.4, -0.2) is 54.6 Å². The van der Waals surface area contributed by atoms with Gasteiger partial charge in [-0.2, -0.15) is 0 Å². The van der Waals surface area contributed by atoms with Crippen LogP contribution in [0.1, 0.15) is 21.9 Å². The summed E-state index contributed by atoms with van der Waals surface area (Å²) in [5.74, 6) is 0.106. The molecular formula is C21H23FN2O4. The van der Waals surface area contributed by atoms with Crippen molar-refractivity contribution in [2.75, 3.05) is 32.8 Å². The van der Waals surface area contributed by atoms with Crippen molar-refractivity contribution in [3.8, 4) is 0 Å². The molecule has 0 unspecified atom stereocenters. The van der Waals surface area contributed by atoms with Gasteiger partial charge in [0, 0.05) is 44.2 Å². The lowest BCUT2D eigenvalue weighted by atomic mass is 10.1. The summed E-state index contributed by atoms with van der Waals surface area (Å²) in [6.07, 6.45) is 0. The van der Waals surface area contributed by atoms with Crippen molar-refractivity contribution in [3.05, 3.63) is 69.5 Å². The van der Waals surface area contributed by atoms with Crippen LogP contribution in [0.2, 0.25) is 0 Å². The first-order valence-corrected chi connectivity index (χ1v) is 9.45. The predicted octanol–water partition coefficient (Wildman–Crippen LogP) is 2.06. The van der Waals surface area contributed by atoms with Gasteiger partial charge in [0.1, 0.15) is 11.6 Å². The molecule has 1 amide bonds. The van der Waals surface area contributed by atoms with Crippen molar-refractivity contribution in [2.45, 2.75) is 19.5 Å². The predicted molar refractivity (Wildman–Crippen MR) is 101 cm³/mol. The summed E-state index contributed by atoms with van der Waals surface area (Å²) in [7, 11) is 0. The average Bonchev–Trinajstić information content (AvgIpc) is 2.90. The Morgan fingerprint density at radius 3 is 2.82 bits per heavy atom. The first-order chi connectivity index (χ1) is 13.5. The van der Waals surface area contributed by atoms with Gasteiger partial charge in [0.05, 0.1) is 19.3 Å². The summed E-state index contributed by atoms with van der Waals surface area (Å²) >= 11 is 0. The zero-order valence-electron chi connectivity index (χ0n) is 15.8. The highest BCUT2D eigenvalue weighted by Gasteiger charge is 2.36.